The van der Waals surface area contributed by atoms with Crippen LogP contribution in [-0.2, 0) is 17.9 Å². The summed E-state index contributed by atoms with van der Waals surface area (Å²) in [4.78, 5) is 23.1. The number of nitrogens with one attached hydrogen (secondary N) is 1. The van der Waals surface area contributed by atoms with Crippen LogP contribution in [0.3, 0.4) is 0 Å². The molecule has 0 saturated carbocycles. The van der Waals surface area contributed by atoms with E-state index >= 15 is 0 Å². The van der Waals surface area contributed by atoms with Crippen molar-refractivity contribution in [3.63, 3.8) is 0 Å². The Balaban J connectivity index is 2.17. The minimum absolute atomic E-state index is 0.0362. The average Bonchev–Trinajstić information content (AvgIpc) is 2.47. The van der Waals surface area contributed by atoms with Crippen LogP contribution in [0.15, 0.2) is 36.4 Å². The maximum atomic E-state index is 12.3. The minimum atomic E-state index is 0.0362. The highest BCUT2D eigenvalue weighted by Gasteiger charge is 2.15. The van der Waals surface area contributed by atoms with Gasteiger partial charge < -0.3 is 10.2 Å². The summed E-state index contributed by atoms with van der Waals surface area (Å²) in [6.45, 7) is 5.17. The zero-order valence-electron chi connectivity index (χ0n) is 13.3. The van der Waals surface area contributed by atoms with E-state index in [1.54, 1.807) is 11.9 Å². The van der Waals surface area contributed by atoms with Crippen LogP contribution in [0.2, 0.25) is 0 Å². The van der Waals surface area contributed by atoms with E-state index in [2.05, 4.69) is 15.3 Å². The molecule has 0 radical (unpaired) electrons. The Morgan fingerprint density at radius 3 is 1.91 bits per heavy atom. The van der Waals surface area contributed by atoms with Crippen LogP contribution < -0.4 is 5.32 Å². The third-order valence-electron chi connectivity index (χ3n) is 3.28. The second-order valence-corrected chi connectivity index (χ2v) is 5.32. The summed E-state index contributed by atoms with van der Waals surface area (Å²) in [5, 5.41) is 2.91. The van der Waals surface area contributed by atoms with E-state index in [0.717, 1.165) is 22.8 Å². The molecule has 116 valence electrons. The maximum Gasteiger partial charge on any atom is 0.237 e. The van der Waals surface area contributed by atoms with Gasteiger partial charge in [0.15, 0.2) is 0 Å². The Bertz CT molecular complexity index is 595. The smallest absolute Gasteiger partial charge is 0.237 e. The van der Waals surface area contributed by atoms with Crippen molar-refractivity contribution in [2.24, 2.45) is 0 Å². The fourth-order valence-corrected chi connectivity index (χ4v) is 2.26. The van der Waals surface area contributed by atoms with Crippen molar-refractivity contribution in [2.45, 2.75) is 26.9 Å². The van der Waals surface area contributed by atoms with Gasteiger partial charge in [-0.15, -0.1) is 0 Å². The number of likely N-dealkylation sites (N-methyl/N-ethyl adjacent to an activating group) is 1. The number of aromatic nitrogens is 2. The molecule has 2 aromatic rings. The van der Waals surface area contributed by atoms with E-state index in [4.69, 9.17) is 0 Å². The van der Waals surface area contributed by atoms with Gasteiger partial charge in [-0.05, 0) is 45.2 Å². The number of hydrogen-bond donors (Lipinski definition) is 1. The molecule has 22 heavy (non-hydrogen) atoms. The number of amides is 1. The van der Waals surface area contributed by atoms with Gasteiger partial charge in [0.1, 0.15) is 0 Å². The Morgan fingerprint density at radius 1 is 1.00 bits per heavy atom. The first-order valence-electron chi connectivity index (χ1n) is 7.36. The van der Waals surface area contributed by atoms with Crippen LogP contribution in [0.4, 0.5) is 0 Å². The molecule has 0 fully saturated rings. The monoisotopic (exact) mass is 298 g/mol. The van der Waals surface area contributed by atoms with Gasteiger partial charge in [0, 0.05) is 11.4 Å². The van der Waals surface area contributed by atoms with Gasteiger partial charge in [-0.1, -0.05) is 12.1 Å². The van der Waals surface area contributed by atoms with Crippen molar-refractivity contribution < 1.29 is 4.79 Å². The van der Waals surface area contributed by atoms with E-state index < -0.39 is 0 Å². The molecule has 0 bridgehead atoms. The number of aryl methyl sites for hydroxylation is 2. The fraction of sp³-hybridized carbons (Fsp3) is 0.353. The Morgan fingerprint density at radius 2 is 1.50 bits per heavy atom. The minimum Gasteiger partial charge on any atom is -0.330 e. The molecule has 0 saturated heterocycles. The van der Waals surface area contributed by atoms with Gasteiger partial charge in [-0.3, -0.25) is 14.8 Å². The Kier molecular flexibility index (Phi) is 5.61. The summed E-state index contributed by atoms with van der Waals surface area (Å²) >= 11 is 0. The number of carbonyl (C=O) groups is 1. The highest BCUT2D eigenvalue weighted by atomic mass is 16.2. The highest BCUT2D eigenvalue weighted by Crippen LogP contribution is 2.09. The molecule has 5 nitrogen and oxygen atoms in total. The van der Waals surface area contributed by atoms with Crippen molar-refractivity contribution in [3.8, 4) is 0 Å². The molecule has 0 atom stereocenters. The van der Waals surface area contributed by atoms with Crippen LogP contribution in [0.1, 0.15) is 22.8 Å². The van der Waals surface area contributed by atoms with Gasteiger partial charge in [-0.25, -0.2) is 0 Å². The van der Waals surface area contributed by atoms with E-state index in [0.29, 0.717) is 19.6 Å². The predicted molar refractivity (Wildman–Crippen MR) is 86.1 cm³/mol. The van der Waals surface area contributed by atoms with E-state index in [1.165, 1.54) is 0 Å². The largest absolute Gasteiger partial charge is 0.330 e. The lowest BCUT2D eigenvalue weighted by Gasteiger charge is -2.22. The number of hydrogen-bond acceptors (Lipinski definition) is 4. The number of nitrogens with zero attached hydrogens (tertiary/aromatic N) is 3. The van der Waals surface area contributed by atoms with E-state index in [1.807, 2.05) is 50.2 Å². The van der Waals surface area contributed by atoms with Crippen molar-refractivity contribution in [3.05, 3.63) is 59.2 Å². The maximum absolute atomic E-state index is 12.3. The van der Waals surface area contributed by atoms with Crippen molar-refractivity contribution in [2.75, 3.05) is 13.6 Å². The van der Waals surface area contributed by atoms with Crippen LogP contribution in [0.25, 0.3) is 0 Å². The molecule has 0 aliphatic heterocycles. The Hall–Kier alpha value is -2.27. The second-order valence-electron chi connectivity index (χ2n) is 5.32. The van der Waals surface area contributed by atoms with Gasteiger partial charge >= 0.3 is 0 Å². The van der Waals surface area contributed by atoms with Gasteiger partial charge in [-0.2, -0.15) is 0 Å². The van der Waals surface area contributed by atoms with Crippen LogP contribution in [0, 0.1) is 13.8 Å². The third kappa shape index (κ3) is 4.63. The molecule has 1 amide bonds. The first-order valence-corrected chi connectivity index (χ1v) is 7.36. The number of rotatable bonds is 6. The Labute approximate surface area is 131 Å². The molecule has 2 heterocycles. The summed E-state index contributed by atoms with van der Waals surface area (Å²) in [6.07, 6.45) is 0. The summed E-state index contributed by atoms with van der Waals surface area (Å²) in [5.74, 6) is 0.0362. The zero-order valence-corrected chi connectivity index (χ0v) is 13.3. The van der Waals surface area contributed by atoms with Gasteiger partial charge in [0.25, 0.3) is 0 Å². The van der Waals surface area contributed by atoms with E-state index in [-0.39, 0.29) is 5.91 Å². The molecule has 0 aromatic carbocycles. The lowest BCUT2D eigenvalue weighted by molar-refractivity contribution is -0.131. The second kappa shape index (κ2) is 7.66. The first kappa shape index (κ1) is 16.1. The lowest BCUT2D eigenvalue weighted by atomic mass is 10.2. The molecule has 0 aliphatic carbocycles. The highest BCUT2D eigenvalue weighted by molar-refractivity contribution is 5.78. The third-order valence-corrected chi connectivity index (χ3v) is 3.28. The normalized spacial score (nSPS) is 10.5. The van der Waals surface area contributed by atoms with Crippen LogP contribution in [0.5, 0.6) is 0 Å². The molecule has 2 rings (SSSR count). The SMILES string of the molecule is CNCC(=O)N(Cc1cccc(C)n1)Cc1cccc(C)n1. The number of carbonyl (C=O) groups excluding carboxylic acids is 1. The molecular formula is C17H22N4O. The topological polar surface area (TPSA) is 58.1 Å². The zero-order chi connectivity index (χ0) is 15.9. The molecule has 1 N–H and O–H groups in total. The van der Waals surface area contributed by atoms with Crippen molar-refractivity contribution >= 4 is 5.91 Å². The molecule has 0 aliphatic rings. The van der Waals surface area contributed by atoms with Crippen LogP contribution in [-0.4, -0.2) is 34.4 Å². The van der Waals surface area contributed by atoms with Gasteiger partial charge in [0.05, 0.1) is 31.0 Å². The summed E-state index contributed by atoms with van der Waals surface area (Å²) < 4.78 is 0. The van der Waals surface area contributed by atoms with Crippen molar-refractivity contribution in [1.29, 1.82) is 0 Å². The average molecular weight is 298 g/mol. The molecule has 2 aromatic heterocycles. The summed E-state index contributed by atoms with van der Waals surface area (Å²) in [6, 6.07) is 11.7. The standard InChI is InChI=1S/C17H22N4O/c1-13-6-4-8-15(19-13)11-21(17(22)10-18-3)12-16-9-5-7-14(2)20-16/h4-9,18H,10-12H2,1-3H3. The molecule has 0 spiro atoms. The number of pyridine rings is 2. The lowest BCUT2D eigenvalue weighted by Crippen LogP contribution is -2.36. The van der Waals surface area contributed by atoms with Gasteiger partial charge in [0.2, 0.25) is 5.91 Å². The predicted octanol–water partition coefficient (Wildman–Crippen LogP) is 1.84. The van der Waals surface area contributed by atoms with Crippen LogP contribution >= 0.6 is 0 Å². The van der Waals surface area contributed by atoms with E-state index in [9.17, 15) is 4.79 Å². The molecular weight excluding hydrogens is 276 g/mol. The quantitative estimate of drug-likeness (QED) is 0.884. The molecule has 0 unspecified atom stereocenters. The first-order chi connectivity index (χ1) is 10.6. The summed E-state index contributed by atoms with van der Waals surface area (Å²) in [5.41, 5.74) is 3.67. The molecule has 5 heteroatoms. The fourth-order valence-electron chi connectivity index (χ4n) is 2.26. The summed E-state index contributed by atoms with van der Waals surface area (Å²) in [7, 11) is 1.77. The van der Waals surface area contributed by atoms with Crippen molar-refractivity contribution in [1.82, 2.24) is 20.2 Å².